The molecule has 1 aromatic heterocycles. The van der Waals surface area contributed by atoms with Crippen molar-refractivity contribution in [1.29, 1.82) is 0 Å². The van der Waals surface area contributed by atoms with E-state index in [1.807, 2.05) is 0 Å². The van der Waals surface area contributed by atoms with Crippen LogP contribution in [0.15, 0.2) is 0 Å². The van der Waals surface area contributed by atoms with Gasteiger partial charge in [0.25, 0.3) is 0 Å². The molecule has 0 radical (unpaired) electrons. The van der Waals surface area contributed by atoms with Crippen LogP contribution in [0.4, 0.5) is 0 Å². The van der Waals surface area contributed by atoms with Crippen molar-refractivity contribution < 1.29 is 4.74 Å². The van der Waals surface area contributed by atoms with E-state index < -0.39 is 0 Å². The van der Waals surface area contributed by atoms with Gasteiger partial charge >= 0.3 is 0 Å². The number of thiazole rings is 1. The third kappa shape index (κ3) is 4.58. The topological polar surface area (TPSA) is 25.4 Å². The summed E-state index contributed by atoms with van der Waals surface area (Å²) in [6, 6.07) is 0. The molecule has 0 fully saturated rings. The average Bonchev–Trinajstić information content (AvgIpc) is 2.73. The van der Waals surface area contributed by atoms with Gasteiger partial charge in [0.1, 0.15) is 0 Å². The molecule has 0 atom stereocenters. The molecule has 1 aromatic rings. The van der Waals surface area contributed by atoms with Gasteiger partial charge in [0.2, 0.25) is 0 Å². The second-order valence-corrected chi connectivity index (χ2v) is 5.33. The molecule has 0 N–H and O–H groups in total. The highest BCUT2D eigenvalue weighted by molar-refractivity contribution is 7.79. The summed E-state index contributed by atoms with van der Waals surface area (Å²) >= 11 is 6.10. The third-order valence-corrected chi connectivity index (χ3v) is 4.47. The molecular formula is C12H22N2OS2. The first kappa shape index (κ1) is 15.0. The first-order valence-electron chi connectivity index (χ1n) is 6.04. The van der Waals surface area contributed by atoms with Crippen molar-refractivity contribution in [2.45, 2.75) is 32.6 Å². The van der Waals surface area contributed by atoms with Crippen LogP contribution in [0.2, 0.25) is 0 Å². The van der Waals surface area contributed by atoms with Gasteiger partial charge in [0, 0.05) is 30.7 Å². The van der Waals surface area contributed by atoms with Gasteiger partial charge in [-0.05, 0) is 13.1 Å². The molecule has 0 unspecified atom stereocenters. The van der Waals surface area contributed by atoms with E-state index in [0.717, 1.165) is 37.5 Å². The number of rotatable bonds is 8. The molecule has 5 heteroatoms. The fourth-order valence-corrected chi connectivity index (χ4v) is 3.01. The van der Waals surface area contributed by atoms with E-state index in [4.69, 9.17) is 4.74 Å². The fraction of sp³-hybridized carbons (Fsp3) is 0.750. The molecule has 3 nitrogen and oxygen atoms in total. The Bertz CT molecular complexity index is 324. The van der Waals surface area contributed by atoms with Crippen molar-refractivity contribution in [2.24, 2.45) is 0 Å². The first-order valence-corrected chi connectivity index (χ1v) is 7.49. The summed E-state index contributed by atoms with van der Waals surface area (Å²) in [5.41, 5.74) is 1.06. The molecule has 0 saturated heterocycles. The lowest BCUT2D eigenvalue weighted by Crippen LogP contribution is -2.25. The molecule has 0 saturated carbocycles. The maximum absolute atomic E-state index is 5.15. The van der Waals surface area contributed by atoms with Gasteiger partial charge < -0.3 is 9.64 Å². The van der Waals surface area contributed by atoms with E-state index in [-0.39, 0.29) is 0 Å². The molecule has 98 valence electrons. The molecule has 0 aliphatic heterocycles. The lowest BCUT2D eigenvalue weighted by molar-refractivity contribution is 0.181. The largest absolute Gasteiger partial charge is 0.378 e. The Labute approximate surface area is 114 Å². The van der Waals surface area contributed by atoms with E-state index in [1.165, 1.54) is 9.88 Å². The van der Waals surface area contributed by atoms with Gasteiger partial charge in [0.15, 0.2) is 0 Å². The van der Waals surface area contributed by atoms with Crippen LogP contribution in [0.3, 0.4) is 0 Å². The molecule has 0 amide bonds. The number of thiol groups is 1. The van der Waals surface area contributed by atoms with Crippen molar-refractivity contribution in [3.8, 4) is 0 Å². The van der Waals surface area contributed by atoms with Crippen LogP contribution >= 0.6 is 24.0 Å². The van der Waals surface area contributed by atoms with E-state index in [0.29, 0.717) is 6.61 Å². The second-order valence-electron chi connectivity index (χ2n) is 3.85. The lowest BCUT2D eigenvalue weighted by atomic mass is 10.3. The maximum atomic E-state index is 5.15. The minimum atomic E-state index is 0.595. The van der Waals surface area contributed by atoms with Crippen molar-refractivity contribution >= 4 is 24.0 Å². The minimum Gasteiger partial charge on any atom is -0.378 e. The molecule has 0 aliphatic carbocycles. The zero-order valence-electron chi connectivity index (χ0n) is 10.9. The standard InChI is InChI=1S/C12H22N2OS2/c1-4-14(5-2)7-6-12-13-10(8-15-3)11(9-16)17-12/h16H,4-9H2,1-3H3. The number of nitrogens with zero attached hydrogens (tertiary/aromatic N) is 2. The molecule has 17 heavy (non-hydrogen) atoms. The van der Waals surface area contributed by atoms with Gasteiger partial charge in [-0.2, -0.15) is 12.6 Å². The number of hydrogen-bond acceptors (Lipinski definition) is 5. The molecule has 1 rings (SSSR count). The normalized spacial score (nSPS) is 11.4. The molecule has 0 aliphatic rings. The molecule has 0 spiro atoms. The van der Waals surface area contributed by atoms with Gasteiger partial charge in [-0.3, -0.25) is 0 Å². The van der Waals surface area contributed by atoms with Crippen LogP contribution in [-0.4, -0.2) is 36.6 Å². The zero-order valence-corrected chi connectivity index (χ0v) is 12.6. The van der Waals surface area contributed by atoms with Gasteiger partial charge in [0.05, 0.1) is 17.3 Å². The number of ether oxygens (including phenoxy) is 1. The Morgan fingerprint density at radius 2 is 2.06 bits per heavy atom. The number of hydrogen-bond donors (Lipinski definition) is 1. The number of aromatic nitrogens is 1. The first-order chi connectivity index (χ1) is 8.24. The second kappa shape index (κ2) is 8.08. The highest BCUT2D eigenvalue weighted by atomic mass is 32.1. The predicted molar refractivity (Wildman–Crippen MR) is 77.0 cm³/mol. The van der Waals surface area contributed by atoms with Crippen LogP contribution in [0.5, 0.6) is 0 Å². The van der Waals surface area contributed by atoms with Crippen LogP contribution in [0.1, 0.15) is 29.4 Å². The van der Waals surface area contributed by atoms with Crippen LogP contribution in [0, 0.1) is 0 Å². The van der Waals surface area contributed by atoms with Crippen molar-refractivity contribution in [3.05, 3.63) is 15.6 Å². The smallest absolute Gasteiger partial charge is 0.0945 e. The number of methoxy groups -OCH3 is 1. The van der Waals surface area contributed by atoms with Crippen LogP contribution < -0.4 is 0 Å². The summed E-state index contributed by atoms with van der Waals surface area (Å²) in [6.45, 7) is 8.27. The SMILES string of the molecule is CCN(CC)CCc1nc(COC)c(CS)s1. The Kier molecular flexibility index (Phi) is 7.11. The van der Waals surface area contributed by atoms with Crippen molar-refractivity contribution in [2.75, 3.05) is 26.7 Å². The van der Waals surface area contributed by atoms with E-state index in [9.17, 15) is 0 Å². The van der Waals surface area contributed by atoms with Crippen LogP contribution in [-0.2, 0) is 23.5 Å². The zero-order chi connectivity index (χ0) is 12.7. The highest BCUT2D eigenvalue weighted by Crippen LogP contribution is 2.21. The van der Waals surface area contributed by atoms with E-state index in [1.54, 1.807) is 18.4 Å². The summed E-state index contributed by atoms with van der Waals surface area (Å²) in [5.74, 6) is 0.752. The summed E-state index contributed by atoms with van der Waals surface area (Å²) < 4.78 is 5.15. The average molecular weight is 274 g/mol. The summed E-state index contributed by atoms with van der Waals surface area (Å²) in [5, 5.41) is 1.20. The summed E-state index contributed by atoms with van der Waals surface area (Å²) in [7, 11) is 1.71. The monoisotopic (exact) mass is 274 g/mol. The van der Waals surface area contributed by atoms with Gasteiger partial charge in [-0.1, -0.05) is 13.8 Å². The third-order valence-electron chi connectivity index (χ3n) is 2.78. The molecular weight excluding hydrogens is 252 g/mol. The summed E-state index contributed by atoms with van der Waals surface area (Å²) in [6.07, 6.45) is 1.02. The Hall–Kier alpha value is -0.100. The fourth-order valence-electron chi connectivity index (χ4n) is 1.71. The maximum Gasteiger partial charge on any atom is 0.0945 e. The predicted octanol–water partition coefficient (Wildman–Crippen LogP) is 2.60. The highest BCUT2D eigenvalue weighted by Gasteiger charge is 2.10. The Balaban J connectivity index is 2.59. The Morgan fingerprint density at radius 3 is 2.59 bits per heavy atom. The van der Waals surface area contributed by atoms with Crippen molar-refractivity contribution in [3.63, 3.8) is 0 Å². The number of likely N-dealkylation sites (N-methyl/N-ethyl adjacent to an activating group) is 1. The Morgan fingerprint density at radius 1 is 1.35 bits per heavy atom. The van der Waals surface area contributed by atoms with Crippen LogP contribution in [0.25, 0.3) is 0 Å². The quantitative estimate of drug-likeness (QED) is 0.738. The molecule has 0 bridgehead atoms. The van der Waals surface area contributed by atoms with Gasteiger partial charge in [-0.15, -0.1) is 11.3 Å². The van der Waals surface area contributed by atoms with Crippen molar-refractivity contribution in [1.82, 2.24) is 9.88 Å². The molecule has 0 aromatic carbocycles. The lowest BCUT2D eigenvalue weighted by Gasteiger charge is -2.16. The van der Waals surface area contributed by atoms with E-state index in [2.05, 4.69) is 36.4 Å². The summed E-state index contributed by atoms with van der Waals surface area (Å²) in [4.78, 5) is 8.28. The van der Waals surface area contributed by atoms with Gasteiger partial charge in [-0.25, -0.2) is 4.98 Å². The van der Waals surface area contributed by atoms with E-state index >= 15 is 0 Å². The molecule has 1 heterocycles. The minimum absolute atomic E-state index is 0.595.